The molecule has 0 amide bonds. The summed E-state index contributed by atoms with van der Waals surface area (Å²) in [5, 5.41) is 11.6. The average Bonchev–Trinajstić information content (AvgIpc) is 3.33. The van der Waals surface area contributed by atoms with E-state index in [1.54, 1.807) is 24.3 Å². The molecule has 1 aliphatic rings. The Morgan fingerprint density at radius 1 is 1.12 bits per heavy atom. The molecule has 1 fully saturated rings. The summed E-state index contributed by atoms with van der Waals surface area (Å²) in [6.07, 6.45) is 1.20. The van der Waals surface area contributed by atoms with E-state index in [4.69, 9.17) is 14.6 Å². The Kier molecular flexibility index (Phi) is 8.37. The number of sulfonamides is 1. The fourth-order valence-corrected chi connectivity index (χ4v) is 4.56. The van der Waals surface area contributed by atoms with Crippen LogP contribution in [-0.2, 0) is 35.6 Å². The summed E-state index contributed by atoms with van der Waals surface area (Å²) in [6.45, 7) is 1.94. The number of carboxylic acids is 1. The van der Waals surface area contributed by atoms with Crippen molar-refractivity contribution in [1.82, 2.24) is 10.0 Å². The molecule has 2 aromatic carbocycles. The van der Waals surface area contributed by atoms with Crippen LogP contribution in [0.3, 0.4) is 0 Å². The van der Waals surface area contributed by atoms with E-state index in [0.29, 0.717) is 24.3 Å². The van der Waals surface area contributed by atoms with Crippen LogP contribution in [0.2, 0.25) is 0 Å². The monoisotopic (exact) mass is 490 g/mol. The zero-order chi connectivity index (χ0) is 24.7. The predicted molar refractivity (Wildman–Crippen MR) is 121 cm³/mol. The fraction of sp³-hybridized carbons (Fsp3) is 0.348. The molecule has 10 nitrogen and oxygen atoms in total. The molecule has 34 heavy (non-hydrogen) atoms. The summed E-state index contributed by atoms with van der Waals surface area (Å²) in [5.74, 6) is -2.59. The van der Waals surface area contributed by atoms with Gasteiger partial charge >= 0.3 is 17.9 Å². The molecule has 182 valence electrons. The Morgan fingerprint density at radius 2 is 1.79 bits per heavy atom. The highest BCUT2D eigenvalue weighted by Gasteiger charge is 2.32. The van der Waals surface area contributed by atoms with E-state index >= 15 is 0 Å². The molecule has 2 aromatic rings. The molecular formula is C23H26N2O8S. The lowest BCUT2D eigenvalue weighted by molar-refractivity contribution is -0.162. The van der Waals surface area contributed by atoms with Crippen molar-refractivity contribution in [2.45, 2.75) is 43.2 Å². The van der Waals surface area contributed by atoms with Crippen LogP contribution in [0.15, 0.2) is 53.4 Å². The topological polar surface area (TPSA) is 148 Å². The zero-order valence-corrected chi connectivity index (χ0v) is 19.3. The summed E-state index contributed by atoms with van der Waals surface area (Å²) >= 11 is 0. The molecule has 1 heterocycles. The van der Waals surface area contributed by atoms with Gasteiger partial charge in [0.15, 0.2) is 6.61 Å². The number of aliphatic carboxylic acids is 1. The zero-order valence-electron chi connectivity index (χ0n) is 18.5. The van der Waals surface area contributed by atoms with Crippen LogP contribution in [0.1, 0.15) is 24.0 Å². The van der Waals surface area contributed by atoms with Crippen molar-refractivity contribution < 1.29 is 37.4 Å². The molecule has 11 heteroatoms. The number of hydrogen-bond acceptors (Lipinski definition) is 8. The molecule has 0 unspecified atom stereocenters. The highest BCUT2D eigenvalue weighted by molar-refractivity contribution is 7.89. The number of rotatable bonds is 10. The lowest BCUT2D eigenvalue weighted by Crippen LogP contribution is -2.45. The maximum absolute atomic E-state index is 12.9. The number of carboxylic acid groups (broad SMARTS) is 1. The van der Waals surface area contributed by atoms with Crippen LogP contribution in [0.4, 0.5) is 0 Å². The van der Waals surface area contributed by atoms with Gasteiger partial charge in [0, 0.05) is 0 Å². The molecule has 0 aliphatic carbocycles. The second kappa shape index (κ2) is 11.2. The van der Waals surface area contributed by atoms with E-state index in [9.17, 15) is 22.8 Å². The van der Waals surface area contributed by atoms with E-state index in [-0.39, 0.29) is 11.3 Å². The molecule has 0 aromatic heterocycles. The summed E-state index contributed by atoms with van der Waals surface area (Å²) in [7, 11) is -4.09. The van der Waals surface area contributed by atoms with E-state index < -0.39 is 46.6 Å². The van der Waals surface area contributed by atoms with Crippen molar-refractivity contribution in [2.24, 2.45) is 0 Å². The minimum atomic E-state index is -4.09. The van der Waals surface area contributed by atoms with Gasteiger partial charge in [0.25, 0.3) is 0 Å². The van der Waals surface area contributed by atoms with Gasteiger partial charge in [0.2, 0.25) is 10.0 Å². The van der Waals surface area contributed by atoms with Crippen LogP contribution in [0.25, 0.3) is 0 Å². The molecule has 3 N–H and O–H groups in total. The molecule has 0 radical (unpaired) electrons. The molecule has 0 spiro atoms. The van der Waals surface area contributed by atoms with Gasteiger partial charge in [-0.2, -0.15) is 4.72 Å². The first-order chi connectivity index (χ1) is 16.1. The first-order valence-corrected chi connectivity index (χ1v) is 12.1. The fourth-order valence-electron chi connectivity index (χ4n) is 3.38. The molecule has 1 saturated heterocycles. The quantitative estimate of drug-likeness (QED) is 0.330. The molecule has 3 rings (SSSR count). The van der Waals surface area contributed by atoms with Crippen molar-refractivity contribution in [3.63, 3.8) is 0 Å². The number of carbonyl (C=O) groups excluding carboxylic acids is 2. The maximum atomic E-state index is 12.9. The average molecular weight is 491 g/mol. The second-order valence-corrected chi connectivity index (χ2v) is 9.62. The molecule has 2 atom stereocenters. The molecule has 1 aliphatic heterocycles. The third kappa shape index (κ3) is 7.11. The number of esters is 2. The standard InChI is InChI=1S/C23H26N2O8S/c1-15-4-10-18(11-5-15)34(30,31)25-20(23(29)33-22(28)19-3-2-12-24-19)13-16-6-8-17(9-7-16)32-14-21(26)27/h4-11,19-20,24-25H,2-3,12-14H2,1H3,(H,26,27)/t19-,20-/m0/s1. The van der Waals surface area contributed by atoms with Crippen LogP contribution in [0, 0.1) is 6.92 Å². The molecular weight excluding hydrogens is 464 g/mol. The van der Waals surface area contributed by atoms with Crippen molar-refractivity contribution in [2.75, 3.05) is 13.2 Å². The van der Waals surface area contributed by atoms with Gasteiger partial charge in [-0.05, 0) is 62.6 Å². The third-order valence-corrected chi connectivity index (χ3v) is 6.67. The third-order valence-electron chi connectivity index (χ3n) is 5.18. The largest absolute Gasteiger partial charge is 0.482 e. The van der Waals surface area contributed by atoms with Gasteiger partial charge in [-0.1, -0.05) is 29.8 Å². The molecule has 0 bridgehead atoms. The van der Waals surface area contributed by atoms with Crippen LogP contribution in [0.5, 0.6) is 5.75 Å². The van der Waals surface area contributed by atoms with Gasteiger partial charge in [0.1, 0.15) is 17.8 Å². The number of ether oxygens (including phenoxy) is 2. The summed E-state index contributed by atoms with van der Waals surface area (Å²) in [4.78, 5) is 35.8. The molecule has 0 saturated carbocycles. The van der Waals surface area contributed by atoms with E-state index in [1.165, 1.54) is 24.3 Å². The second-order valence-electron chi connectivity index (χ2n) is 7.91. The van der Waals surface area contributed by atoms with Gasteiger partial charge < -0.3 is 19.9 Å². The lowest BCUT2D eigenvalue weighted by atomic mass is 10.1. The lowest BCUT2D eigenvalue weighted by Gasteiger charge is -2.19. The summed E-state index contributed by atoms with van der Waals surface area (Å²) in [5.41, 5.74) is 1.41. The number of nitrogens with one attached hydrogen (secondary N) is 2. The maximum Gasteiger partial charge on any atom is 0.341 e. The Hall–Kier alpha value is -3.28. The van der Waals surface area contributed by atoms with Crippen LogP contribution in [-0.4, -0.2) is 56.7 Å². The van der Waals surface area contributed by atoms with E-state index in [2.05, 4.69) is 10.0 Å². The Balaban J connectivity index is 1.77. The van der Waals surface area contributed by atoms with Crippen molar-refractivity contribution >= 4 is 27.9 Å². The van der Waals surface area contributed by atoms with Gasteiger partial charge in [-0.15, -0.1) is 0 Å². The highest BCUT2D eigenvalue weighted by Crippen LogP contribution is 2.17. The van der Waals surface area contributed by atoms with Gasteiger partial charge in [0.05, 0.1) is 4.90 Å². The van der Waals surface area contributed by atoms with Crippen LogP contribution >= 0.6 is 0 Å². The highest BCUT2D eigenvalue weighted by atomic mass is 32.2. The Morgan fingerprint density at radius 3 is 2.38 bits per heavy atom. The number of carbonyl (C=O) groups is 3. The summed E-state index contributed by atoms with van der Waals surface area (Å²) in [6, 6.07) is 10.3. The minimum absolute atomic E-state index is 0.0305. The number of aryl methyl sites for hydroxylation is 1. The summed E-state index contributed by atoms with van der Waals surface area (Å²) < 4.78 is 38.2. The van der Waals surface area contributed by atoms with E-state index in [0.717, 1.165) is 12.0 Å². The van der Waals surface area contributed by atoms with E-state index in [1.807, 2.05) is 6.92 Å². The van der Waals surface area contributed by atoms with Crippen LogP contribution < -0.4 is 14.8 Å². The van der Waals surface area contributed by atoms with Crippen molar-refractivity contribution in [3.05, 3.63) is 59.7 Å². The normalized spacial score (nSPS) is 16.6. The minimum Gasteiger partial charge on any atom is -0.482 e. The Bertz CT molecular complexity index is 1120. The first-order valence-electron chi connectivity index (χ1n) is 10.7. The first kappa shape index (κ1) is 25.3. The van der Waals surface area contributed by atoms with Crippen molar-refractivity contribution in [1.29, 1.82) is 0 Å². The smallest absolute Gasteiger partial charge is 0.341 e. The SMILES string of the molecule is Cc1ccc(S(=O)(=O)N[C@@H](Cc2ccc(OCC(=O)O)cc2)C(=O)OC(=O)[C@@H]2CCCN2)cc1. The number of benzene rings is 2. The Labute approximate surface area is 197 Å². The van der Waals surface area contributed by atoms with Gasteiger partial charge in [-0.3, -0.25) is 0 Å². The predicted octanol–water partition coefficient (Wildman–Crippen LogP) is 1.17. The number of hydrogen-bond donors (Lipinski definition) is 3. The van der Waals surface area contributed by atoms with Crippen molar-refractivity contribution in [3.8, 4) is 5.75 Å². The van der Waals surface area contributed by atoms with Gasteiger partial charge in [-0.25, -0.2) is 22.8 Å².